The number of carbonyl (C=O) groups is 1. The number of benzene rings is 2. The molecule has 0 saturated carbocycles. The van der Waals surface area contributed by atoms with E-state index in [-0.39, 0.29) is 11.6 Å². The first-order valence-electron chi connectivity index (χ1n) is 7.34. The molecule has 2 aromatic carbocycles. The van der Waals surface area contributed by atoms with Crippen LogP contribution in [0.25, 0.3) is 4.98 Å². The number of carbonyl (C=O) groups excluding carboxylic acids is 1. The van der Waals surface area contributed by atoms with Gasteiger partial charge in [0, 0.05) is 5.56 Å². The maximum absolute atomic E-state index is 12.4. The zero-order valence-corrected chi connectivity index (χ0v) is 13.1. The van der Waals surface area contributed by atoms with Gasteiger partial charge < -0.3 is 14.8 Å². The maximum Gasteiger partial charge on any atom is 0.392 e. The molecule has 0 unspecified atom stereocenters. The summed E-state index contributed by atoms with van der Waals surface area (Å²) in [6, 6.07) is 11.9. The first-order chi connectivity index (χ1) is 11.2. The molecule has 0 heterocycles. The lowest BCUT2D eigenvalue weighted by atomic mass is 10.2. The number of rotatable bonds is 6. The number of amides is 1. The van der Waals surface area contributed by atoms with Crippen LogP contribution in [-0.2, 0) is 0 Å². The summed E-state index contributed by atoms with van der Waals surface area (Å²) in [5.41, 5.74) is 1.22. The minimum atomic E-state index is -0.277. The second-order valence-corrected chi connectivity index (χ2v) is 4.60. The third kappa shape index (κ3) is 3.98. The summed E-state index contributed by atoms with van der Waals surface area (Å²) in [6.45, 7) is 4.45. The second-order valence-electron chi connectivity index (χ2n) is 4.60. The fourth-order valence-corrected chi connectivity index (χ4v) is 2.07. The molecule has 0 spiro atoms. The molecule has 23 heavy (non-hydrogen) atoms. The van der Waals surface area contributed by atoms with Gasteiger partial charge in [-0.15, -0.1) is 0 Å². The van der Waals surface area contributed by atoms with Crippen LogP contribution >= 0.6 is 0 Å². The lowest BCUT2D eigenvalue weighted by molar-refractivity contribution is 0.102. The van der Waals surface area contributed by atoms with E-state index < -0.39 is 0 Å². The molecule has 0 atom stereocenters. The summed E-state index contributed by atoms with van der Waals surface area (Å²) in [6.07, 6.45) is 0. The molecular weight excluding hydrogens is 294 g/mol. The van der Waals surface area contributed by atoms with E-state index in [0.29, 0.717) is 36.0 Å². The minimum absolute atomic E-state index is 0.277. The number of diazo groups is 1. The highest BCUT2D eigenvalue weighted by Crippen LogP contribution is 2.39. The van der Waals surface area contributed by atoms with Crippen LogP contribution in [0.15, 0.2) is 42.5 Å². The maximum atomic E-state index is 12.4. The topological polar surface area (TPSA) is 75.7 Å². The molecule has 1 amide bonds. The van der Waals surface area contributed by atoms with Crippen molar-refractivity contribution in [2.45, 2.75) is 13.8 Å². The molecule has 0 aliphatic carbocycles. The zero-order valence-electron chi connectivity index (χ0n) is 13.1. The van der Waals surface area contributed by atoms with Crippen LogP contribution in [0.1, 0.15) is 24.2 Å². The molecule has 0 bridgehead atoms. The molecule has 0 aliphatic rings. The molecule has 0 radical (unpaired) electrons. The molecule has 2 rings (SSSR count). The van der Waals surface area contributed by atoms with Gasteiger partial charge in [0.05, 0.1) is 25.3 Å². The predicted molar refractivity (Wildman–Crippen MR) is 87.9 cm³/mol. The third-order valence-electron chi connectivity index (χ3n) is 3.04. The Morgan fingerprint density at radius 3 is 2.13 bits per heavy atom. The Kier molecular flexibility index (Phi) is 5.53. The predicted octanol–water partition coefficient (Wildman–Crippen LogP) is 4.22. The minimum Gasteiger partial charge on any atom is -0.491 e. The third-order valence-corrected chi connectivity index (χ3v) is 3.04. The fraction of sp³-hybridized carbons (Fsp3) is 0.235. The quantitative estimate of drug-likeness (QED) is 0.810. The Morgan fingerprint density at radius 2 is 1.65 bits per heavy atom. The number of hydrogen-bond donors (Lipinski definition) is 1. The van der Waals surface area contributed by atoms with Crippen molar-refractivity contribution in [2.24, 2.45) is 0 Å². The van der Waals surface area contributed by atoms with Gasteiger partial charge in [-0.25, -0.2) is 0 Å². The highest BCUT2D eigenvalue weighted by atomic mass is 16.5. The van der Waals surface area contributed by atoms with E-state index >= 15 is 0 Å². The van der Waals surface area contributed by atoms with Gasteiger partial charge in [-0.3, -0.25) is 4.79 Å². The largest absolute Gasteiger partial charge is 0.491 e. The van der Waals surface area contributed by atoms with Crippen molar-refractivity contribution in [3.05, 3.63) is 53.0 Å². The lowest BCUT2D eigenvalue weighted by Gasteiger charge is -2.15. The smallest absolute Gasteiger partial charge is 0.392 e. The summed E-state index contributed by atoms with van der Waals surface area (Å²) in [4.78, 5) is 15.5. The lowest BCUT2D eigenvalue weighted by Crippen LogP contribution is -2.14. The summed E-state index contributed by atoms with van der Waals surface area (Å²) in [5.74, 6) is 0.493. The fourth-order valence-electron chi connectivity index (χ4n) is 2.07. The first kappa shape index (κ1) is 16.3. The zero-order chi connectivity index (χ0) is 16.7. The van der Waals surface area contributed by atoms with Gasteiger partial charge in [-0.05, 0) is 26.0 Å². The van der Waals surface area contributed by atoms with Gasteiger partial charge in [0.15, 0.2) is 16.5 Å². The number of nitrogens with zero attached hydrogens (tertiary/aromatic N) is 2. The van der Waals surface area contributed by atoms with E-state index in [1.807, 2.05) is 19.9 Å². The van der Waals surface area contributed by atoms with Crippen molar-refractivity contribution in [3.8, 4) is 11.5 Å². The molecular formula is C17H18N3O3+. The van der Waals surface area contributed by atoms with E-state index in [4.69, 9.17) is 14.9 Å². The standard InChI is InChI=1S/C17H17N3O3/c1-3-22-14-10-13(20-18)11-15(23-4-2)16(14)19-17(21)12-8-6-5-7-9-12/h5-11H,3-4H2,1-2H3/p+1. The Bertz CT molecular complexity index is 697. The van der Waals surface area contributed by atoms with E-state index in [2.05, 4.69) is 10.3 Å². The van der Waals surface area contributed by atoms with Gasteiger partial charge in [0.25, 0.3) is 5.91 Å². The van der Waals surface area contributed by atoms with Crippen molar-refractivity contribution in [2.75, 3.05) is 18.5 Å². The van der Waals surface area contributed by atoms with Crippen LogP contribution in [0.5, 0.6) is 11.5 Å². The number of anilines is 1. The molecule has 0 aromatic heterocycles. The molecule has 118 valence electrons. The first-order valence-corrected chi connectivity index (χ1v) is 7.34. The normalized spacial score (nSPS) is 9.78. The van der Waals surface area contributed by atoms with Crippen molar-refractivity contribution in [1.29, 1.82) is 5.39 Å². The van der Waals surface area contributed by atoms with Gasteiger partial charge in [-0.1, -0.05) is 18.2 Å². The summed E-state index contributed by atoms with van der Waals surface area (Å²) < 4.78 is 11.1. The van der Waals surface area contributed by atoms with E-state index in [9.17, 15) is 4.79 Å². The molecule has 6 nitrogen and oxygen atoms in total. The Morgan fingerprint density at radius 1 is 1.09 bits per heavy atom. The molecule has 0 aliphatic heterocycles. The molecule has 6 heteroatoms. The Balaban J connectivity index is 2.42. The Labute approximate surface area is 134 Å². The van der Waals surface area contributed by atoms with Crippen molar-refractivity contribution < 1.29 is 14.3 Å². The van der Waals surface area contributed by atoms with Gasteiger partial charge in [-0.2, -0.15) is 0 Å². The number of hydrogen-bond acceptors (Lipinski definition) is 4. The highest BCUT2D eigenvalue weighted by Gasteiger charge is 2.21. The summed E-state index contributed by atoms with van der Waals surface area (Å²) >= 11 is 0. The molecule has 1 N–H and O–H groups in total. The molecule has 2 aromatic rings. The van der Waals surface area contributed by atoms with Crippen LogP contribution in [-0.4, -0.2) is 19.1 Å². The second kappa shape index (κ2) is 7.80. The number of ether oxygens (including phenoxy) is 2. The molecule has 0 saturated heterocycles. The van der Waals surface area contributed by atoms with Crippen molar-refractivity contribution in [3.63, 3.8) is 0 Å². The average molecular weight is 312 g/mol. The summed E-state index contributed by atoms with van der Waals surface area (Å²) in [5, 5.41) is 11.8. The average Bonchev–Trinajstić information content (AvgIpc) is 2.58. The van der Waals surface area contributed by atoms with E-state index in [1.54, 1.807) is 24.3 Å². The Hall–Kier alpha value is -3.07. The van der Waals surface area contributed by atoms with E-state index in [0.717, 1.165) is 0 Å². The van der Waals surface area contributed by atoms with Gasteiger partial charge in [0.1, 0.15) is 5.69 Å². The van der Waals surface area contributed by atoms with Crippen LogP contribution in [0.3, 0.4) is 0 Å². The van der Waals surface area contributed by atoms with Crippen molar-refractivity contribution in [1.82, 2.24) is 0 Å². The molecule has 0 fully saturated rings. The van der Waals surface area contributed by atoms with Crippen LogP contribution in [0.4, 0.5) is 11.4 Å². The van der Waals surface area contributed by atoms with Crippen molar-refractivity contribution >= 4 is 17.3 Å². The van der Waals surface area contributed by atoms with Gasteiger partial charge >= 0.3 is 5.69 Å². The number of nitrogens with one attached hydrogen (secondary N) is 1. The van der Waals surface area contributed by atoms with E-state index in [1.165, 1.54) is 12.1 Å². The van der Waals surface area contributed by atoms with Crippen LogP contribution in [0.2, 0.25) is 0 Å². The SMILES string of the molecule is CCOc1cc([N+]#N)cc(OCC)c1NC(=O)c1ccccc1. The monoisotopic (exact) mass is 312 g/mol. The van der Waals surface area contributed by atoms with Gasteiger partial charge in [0.2, 0.25) is 5.39 Å². The van der Waals surface area contributed by atoms with Crippen LogP contribution < -0.4 is 14.8 Å². The summed E-state index contributed by atoms with van der Waals surface area (Å²) in [7, 11) is 0. The highest BCUT2D eigenvalue weighted by molar-refractivity contribution is 6.06. The van der Waals surface area contributed by atoms with Crippen LogP contribution in [0, 0.1) is 5.39 Å².